The van der Waals surface area contributed by atoms with Gasteiger partial charge in [-0.25, -0.2) is 4.39 Å². The summed E-state index contributed by atoms with van der Waals surface area (Å²) in [5.74, 6) is -1.16. The van der Waals surface area contributed by atoms with Gasteiger partial charge in [-0.3, -0.25) is 14.8 Å². The van der Waals surface area contributed by atoms with Crippen molar-refractivity contribution in [3.05, 3.63) is 58.4 Å². The molecule has 4 nitrogen and oxygen atoms in total. The number of nitrogens with zero attached hydrogens (tertiary/aromatic N) is 2. The Bertz CT molecular complexity index is 649. The van der Waals surface area contributed by atoms with Gasteiger partial charge in [0.25, 0.3) is 5.91 Å². The van der Waals surface area contributed by atoms with E-state index in [0.29, 0.717) is 12.0 Å². The van der Waals surface area contributed by atoms with E-state index < -0.39 is 11.7 Å². The van der Waals surface area contributed by atoms with Crippen LogP contribution in [0.3, 0.4) is 0 Å². The van der Waals surface area contributed by atoms with Gasteiger partial charge in [0.2, 0.25) is 0 Å². The zero-order valence-electron chi connectivity index (χ0n) is 11.7. The lowest BCUT2D eigenvalue weighted by atomic mass is 10.1. The summed E-state index contributed by atoms with van der Waals surface area (Å²) >= 11 is 6.01. The number of amides is 1. The maximum absolute atomic E-state index is 13.8. The summed E-state index contributed by atoms with van der Waals surface area (Å²) in [6, 6.07) is 2.56. The van der Waals surface area contributed by atoms with Gasteiger partial charge in [0, 0.05) is 31.1 Å². The third kappa shape index (κ3) is 3.76. The minimum Gasteiger partial charge on any atom is -0.349 e. The fraction of sp³-hybridized carbons (Fsp3) is 0.267. The molecule has 1 atom stereocenters. The van der Waals surface area contributed by atoms with Crippen molar-refractivity contribution in [3.63, 3.8) is 0 Å². The van der Waals surface area contributed by atoms with Gasteiger partial charge in [0.1, 0.15) is 5.82 Å². The third-order valence-corrected chi connectivity index (χ3v) is 3.51. The second kappa shape index (κ2) is 6.63. The molecule has 0 bridgehead atoms. The maximum atomic E-state index is 13.8. The lowest BCUT2D eigenvalue weighted by Gasteiger charge is -2.15. The number of aryl methyl sites for hydroxylation is 1. The molecule has 0 spiro atoms. The van der Waals surface area contributed by atoms with Crippen LogP contribution in [-0.4, -0.2) is 21.9 Å². The minimum atomic E-state index is -0.630. The monoisotopic (exact) mass is 307 g/mol. The van der Waals surface area contributed by atoms with E-state index in [2.05, 4.69) is 15.3 Å². The highest BCUT2D eigenvalue weighted by Crippen LogP contribution is 2.23. The molecule has 1 aromatic heterocycles. The number of benzene rings is 1. The molecule has 110 valence electrons. The molecule has 0 radical (unpaired) electrons. The Labute approximate surface area is 127 Å². The molecule has 0 aliphatic heterocycles. The van der Waals surface area contributed by atoms with Crippen molar-refractivity contribution < 1.29 is 9.18 Å². The first kappa shape index (κ1) is 15.4. The van der Waals surface area contributed by atoms with Gasteiger partial charge >= 0.3 is 0 Å². The van der Waals surface area contributed by atoms with Crippen LogP contribution in [0.5, 0.6) is 0 Å². The molecule has 1 N–H and O–H groups in total. The van der Waals surface area contributed by atoms with Gasteiger partial charge in [-0.1, -0.05) is 17.7 Å². The van der Waals surface area contributed by atoms with E-state index in [-0.39, 0.29) is 16.6 Å². The Morgan fingerprint density at radius 3 is 2.86 bits per heavy atom. The van der Waals surface area contributed by atoms with Crippen LogP contribution >= 0.6 is 11.6 Å². The summed E-state index contributed by atoms with van der Waals surface area (Å²) in [5, 5.41) is 2.86. The molecular weight excluding hydrogens is 293 g/mol. The average Bonchev–Trinajstić information content (AvgIpc) is 2.44. The van der Waals surface area contributed by atoms with Crippen molar-refractivity contribution in [2.75, 3.05) is 0 Å². The van der Waals surface area contributed by atoms with Gasteiger partial charge < -0.3 is 5.32 Å². The molecule has 1 aromatic carbocycles. The van der Waals surface area contributed by atoms with Crippen LogP contribution in [0, 0.1) is 12.7 Å². The Morgan fingerprint density at radius 1 is 1.43 bits per heavy atom. The number of aromatic nitrogens is 2. The smallest absolute Gasteiger partial charge is 0.256 e. The zero-order chi connectivity index (χ0) is 15.4. The van der Waals surface area contributed by atoms with Crippen LogP contribution in [0.15, 0.2) is 30.7 Å². The van der Waals surface area contributed by atoms with E-state index in [0.717, 1.165) is 5.69 Å². The first-order valence-corrected chi connectivity index (χ1v) is 6.87. The molecule has 2 aromatic rings. The number of hydrogen-bond acceptors (Lipinski definition) is 3. The van der Waals surface area contributed by atoms with Gasteiger partial charge in [0.05, 0.1) is 16.3 Å². The average molecular weight is 308 g/mol. The molecule has 0 fully saturated rings. The zero-order valence-corrected chi connectivity index (χ0v) is 12.5. The van der Waals surface area contributed by atoms with E-state index in [4.69, 9.17) is 11.6 Å². The predicted molar refractivity (Wildman–Crippen MR) is 78.8 cm³/mol. The Hall–Kier alpha value is -2.01. The summed E-state index contributed by atoms with van der Waals surface area (Å²) in [6.45, 7) is 3.54. The van der Waals surface area contributed by atoms with E-state index in [1.165, 1.54) is 12.1 Å². The molecule has 1 amide bonds. The fourth-order valence-corrected chi connectivity index (χ4v) is 2.20. The molecule has 2 rings (SSSR count). The molecule has 0 aliphatic carbocycles. The number of carbonyl (C=O) groups is 1. The summed E-state index contributed by atoms with van der Waals surface area (Å²) in [6.07, 6.45) is 5.29. The van der Waals surface area contributed by atoms with Crippen LogP contribution in [0.4, 0.5) is 4.39 Å². The van der Waals surface area contributed by atoms with Crippen LogP contribution in [0.25, 0.3) is 0 Å². The van der Waals surface area contributed by atoms with Crippen molar-refractivity contribution in [1.82, 2.24) is 15.3 Å². The maximum Gasteiger partial charge on any atom is 0.256 e. The molecule has 0 saturated heterocycles. The highest BCUT2D eigenvalue weighted by atomic mass is 35.5. The normalized spacial score (nSPS) is 12.0. The van der Waals surface area contributed by atoms with Crippen molar-refractivity contribution in [2.24, 2.45) is 0 Å². The molecule has 21 heavy (non-hydrogen) atoms. The number of hydrogen-bond donors (Lipinski definition) is 1. The quantitative estimate of drug-likeness (QED) is 0.945. The van der Waals surface area contributed by atoms with Gasteiger partial charge in [-0.15, -0.1) is 0 Å². The number of nitrogens with one attached hydrogen (secondary N) is 1. The Morgan fingerprint density at radius 2 is 2.19 bits per heavy atom. The molecular formula is C15H15ClFN3O. The SMILES string of the molecule is Cc1ccc(F)c(C(=O)N[C@H](C)Cc2cnccn2)c1Cl. The van der Waals surface area contributed by atoms with Crippen LogP contribution in [0.2, 0.25) is 5.02 Å². The van der Waals surface area contributed by atoms with Crippen molar-refractivity contribution in [2.45, 2.75) is 26.3 Å². The molecule has 1 heterocycles. The molecule has 6 heteroatoms. The van der Waals surface area contributed by atoms with Crippen molar-refractivity contribution in [1.29, 1.82) is 0 Å². The van der Waals surface area contributed by atoms with Crippen LogP contribution in [-0.2, 0) is 6.42 Å². The topological polar surface area (TPSA) is 54.9 Å². The Balaban J connectivity index is 2.10. The highest BCUT2D eigenvalue weighted by molar-refractivity contribution is 6.34. The number of halogens is 2. The van der Waals surface area contributed by atoms with E-state index in [9.17, 15) is 9.18 Å². The van der Waals surface area contributed by atoms with Crippen LogP contribution in [0.1, 0.15) is 28.5 Å². The highest BCUT2D eigenvalue weighted by Gasteiger charge is 2.19. The predicted octanol–water partition coefficient (Wildman–Crippen LogP) is 2.94. The van der Waals surface area contributed by atoms with Gasteiger partial charge in [0.15, 0.2) is 0 Å². The summed E-state index contributed by atoms with van der Waals surface area (Å²) in [4.78, 5) is 20.3. The lowest BCUT2D eigenvalue weighted by molar-refractivity contribution is 0.0936. The number of carbonyl (C=O) groups excluding carboxylic acids is 1. The second-order valence-electron chi connectivity index (χ2n) is 4.83. The van der Waals surface area contributed by atoms with E-state index >= 15 is 0 Å². The lowest BCUT2D eigenvalue weighted by Crippen LogP contribution is -2.35. The number of rotatable bonds is 4. The Kier molecular flexibility index (Phi) is 4.85. The molecule has 0 aliphatic rings. The van der Waals surface area contributed by atoms with E-state index in [1.807, 2.05) is 6.92 Å². The standard InChI is InChI=1S/C15H15ClFN3O/c1-9-3-4-12(17)13(14(9)16)15(21)20-10(2)7-11-8-18-5-6-19-11/h3-6,8,10H,7H2,1-2H3,(H,20,21)/t10-/m1/s1. The third-order valence-electron chi connectivity index (χ3n) is 3.02. The minimum absolute atomic E-state index is 0.123. The molecule has 0 unspecified atom stereocenters. The van der Waals surface area contributed by atoms with Crippen LogP contribution < -0.4 is 5.32 Å². The van der Waals surface area contributed by atoms with Crippen molar-refractivity contribution in [3.8, 4) is 0 Å². The van der Waals surface area contributed by atoms with Gasteiger partial charge in [-0.05, 0) is 25.5 Å². The van der Waals surface area contributed by atoms with E-state index in [1.54, 1.807) is 25.5 Å². The largest absolute Gasteiger partial charge is 0.349 e. The first-order chi connectivity index (χ1) is 9.99. The van der Waals surface area contributed by atoms with Gasteiger partial charge in [-0.2, -0.15) is 0 Å². The summed E-state index contributed by atoms with van der Waals surface area (Å²) < 4.78 is 13.8. The van der Waals surface area contributed by atoms with Crippen molar-refractivity contribution >= 4 is 17.5 Å². The second-order valence-corrected chi connectivity index (χ2v) is 5.21. The summed E-state index contributed by atoms with van der Waals surface area (Å²) in [5.41, 5.74) is 1.29. The first-order valence-electron chi connectivity index (χ1n) is 6.49. The summed E-state index contributed by atoms with van der Waals surface area (Å²) in [7, 11) is 0. The fourth-order valence-electron chi connectivity index (χ4n) is 1.96. The molecule has 0 saturated carbocycles.